The maximum absolute atomic E-state index is 5.98. The van der Waals surface area contributed by atoms with Crippen LogP contribution in [0.25, 0.3) is 0 Å². The molecule has 1 unspecified atom stereocenters. The summed E-state index contributed by atoms with van der Waals surface area (Å²) in [5.41, 5.74) is 4.83. The summed E-state index contributed by atoms with van der Waals surface area (Å²) in [6, 6.07) is 2.32. The second-order valence-corrected chi connectivity index (χ2v) is 4.39. The van der Waals surface area contributed by atoms with Crippen LogP contribution in [0.5, 0.6) is 5.75 Å². The van der Waals surface area contributed by atoms with Crippen molar-refractivity contribution in [3.63, 3.8) is 0 Å². The highest BCUT2D eigenvalue weighted by Crippen LogP contribution is 2.34. The highest BCUT2D eigenvalue weighted by atomic mass is 35.5. The van der Waals surface area contributed by atoms with Gasteiger partial charge in [-0.2, -0.15) is 0 Å². The van der Waals surface area contributed by atoms with E-state index in [1.54, 1.807) is 7.11 Å². The molecule has 0 fully saturated rings. The van der Waals surface area contributed by atoms with Gasteiger partial charge in [0.1, 0.15) is 5.75 Å². The standard InChI is InChI=1S/C13H20ClNO/c1-8-6-9(2)12(11(7-14)15-4)13(16-5)10(8)3/h6,11,15H,7H2,1-5H3. The van der Waals surface area contributed by atoms with E-state index in [1.807, 2.05) is 7.05 Å². The Balaban J connectivity index is 3.41. The molecule has 1 aromatic carbocycles. The van der Waals surface area contributed by atoms with Gasteiger partial charge in [-0.05, 0) is 44.5 Å². The Bertz CT molecular complexity index is 373. The van der Waals surface area contributed by atoms with Crippen molar-refractivity contribution in [3.8, 4) is 5.75 Å². The summed E-state index contributed by atoms with van der Waals surface area (Å²) in [6.07, 6.45) is 0. The lowest BCUT2D eigenvalue weighted by Gasteiger charge is -2.22. The maximum Gasteiger partial charge on any atom is 0.127 e. The van der Waals surface area contributed by atoms with Crippen molar-refractivity contribution < 1.29 is 4.74 Å². The topological polar surface area (TPSA) is 21.3 Å². The van der Waals surface area contributed by atoms with Crippen LogP contribution in [0.4, 0.5) is 0 Å². The van der Waals surface area contributed by atoms with Crippen LogP contribution in [-0.2, 0) is 0 Å². The number of ether oxygens (including phenoxy) is 1. The van der Waals surface area contributed by atoms with Gasteiger partial charge in [-0.25, -0.2) is 0 Å². The molecule has 0 spiro atoms. The molecule has 16 heavy (non-hydrogen) atoms. The molecule has 0 radical (unpaired) electrons. The quantitative estimate of drug-likeness (QED) is 0.818. The van der Waals surface area contributed by atoms with Gasteiger partial charge < -0.3 is 10.1 Å². The average molecular weight is 242 g/mol. The van der Waals surface area contributed by atoms with E-state index >= 15 is 0 Å². The van der Waals surface area contributed by atoms with Crippen LogP contribution < -0.4 is 10.1 Å². The van der Waals surface area contributed by atoms with Gasteiger partial charge in [-0.3, -0.25) is 0 Å². The molecular formula is C13H20ClNO. The van der Waals surface area contributed by atoms with E-state index in [9.17, 15) is 0 Å². The second-order valence-electron chi connectivity index (χ2n) is 4.08. The van der Waals surface area contributed by atoms with Gasteiger partial charge in [-0.1, -0.05) is 6.07 Å². The third-order valence-corrected chi connectivity index (χ3v) is 3.40. The number of aryl methyl sites for hydroxylation is 2. The first-order valence-corrected chi connectivity index (χ1v) is 5.98. The fraction of sp³-hybridized carbons (Fsp3) is 0.538. The summed E-state index contributed by atoms with van der Waals surface area (Å²) >= 11 is 5.98. The zero-order valence-corrected chi connectivity index (χ0v) is 11.4. The monoisotopic (exact) mass is 241 g/mol. The summed E-state index contributed by atoms with van der Waals surface area (Å²) in [7, 11) is 3.63. The molecule has 2 nitrogen and oxygen atoms in total. The molecule has 0 aliphatic heterocycles. The molecule has 1 atom stereocenters. The molecule has 0 aliphatic rings. The lowest BCUT2D eigenvalue weighted by atomic mass is 9.95. The first-order chi connectivity index (χ1) is 7.56. The van der Waals surface area contributed by atoms with Crippen molar-refractivity contribution in [2.24, 2.45) is 0 Å². The number of benzene rings is 1. The molecular weight excluding hydrogens is 222 g/mol. The van der Waals surface area contributed by atoms with Crippen molar-refractivity contribution >= 4 is 11.6 Å². The molecule has 90 valence electrons. The maximum atomic E-state index is 5.98. The fourth-order valence-electron chi connectivity index (χ4n) is 2.07. The zero-order valence-electron chi connectivity index (χ0n) is 10.6. The normalized spacial score (nSPS) is 12.6. The Kier molecular flexibility index (Phi) is 4.63. The molecule has 1 aromatic rings. The summed E-state index contributed by atoms with van der Waals surface area (Å²) in [5.74, 6) is 1.49. The van der Waals surface area contributed by atoms with Crippen molar-refractivity contribution in [2.75, 3.05) is 20.0 Å². The predicted molar refractivity (Wildman–Crippen MR) is 69.7 cm³/mol. The van der Waals surface area contributed by atoms with E-state index in [1.165, 1.54) is 22.3 Å². The molecule has 0 saturated carbocycles. The number of halogens is 1. The minimum absolute atomic E-state index is 0.135. The third kappa shape index (κ3) is 2.33. The summed E-state index contributed by atoms with van der Waals surface area (Å²) in [5, 5.41) is 3.22. The summed E-state index contributed by atoms with van der Waals surface area (Å²) in [4.78, 5) is 0. The molecule has 3 heteroatoms. The largest absolute Gasteiger partial charge is 0.496 e. The second kappa shape index (κ2) is 5.55. The Morgan fingerprint density at radius 2 is 1.94 bits per heavy atom. The fourth-order valence-corrected chi connectivity index (χ4v) is 2.37. The van der Waals surface area contributed by atoms with E-state index in [0.29, 0.717) is 5.88 Å². The van der Waals surface area contributed by atoms with Crippen LogP contribution in [0.3, 0.4) is 0 Å². The summed E-state index contributed by atoms with van der Waals surface area (Å²) < 4.78 is 5.52. The molecule has 0 aliphatic carbocycles. The first-order valence-electron chi connectivity index (χ1n) is 5.44. The SMILES string of the molecule is CNC(CCl)c1c(C)cc(C)c(C)c1OC. The lowest BCUT2D eigenvalue weighted by Crippen LogP contribution is -2.20. The van der Waals surface area contributed by atoms with E-state index in [-0.39, 0.29) is 6.04 Å². The molecule has 1 rings (SSSR count). The minimum atomic E-state index is 0.135. The van der Waals surface area contributed by atoms with Crippen LogP contribution in [0.15, 0.2) is 6.07 Å². The first kappa shape index (κ1) is 13.3. The molecule has 0 heterocycles. The number of rotatable bonds is 4. The Hall–Kier alpha value is -0.730. The van der Waals surface area contributed by atoms with Crippen LogP contribution in [0.2, 0.25) is 0 Å². The molecule has 0 bridgehead atoms. The van der Waals surface area contributed by atoms with Gasteiger partial charge in [0.25, 0.3) is 0 Å². The van der Waals surface area contributed by atoms with E-state index in [2.05, 4.69) is 32.2 Å². The molecule has 0 aromatic heterocycles. The highest BCUT2D eigenvalue weighted by molar-refractivity contribution is 6.18. The smallest absolute Gasteiger partial charge is 0.127 e. The van der Waals surface area contributed by atoms with E-state index in [4.69, 9.17) is 16.3 Å². The Labute approximate surface area is 103 Å². The minimum Gasteiger partial charge on any atom is -0.496 e. The number of alkyl halides is 1. The van der Waals surface area contributed by atoms with Crippen molar-refractivity contribution in [1.29, 1.82) is 0 Å². The Morgan fingerprint density at radius 3 is 2.38 bits per heavy atom. The lowest BCUT2D eigenvalue weighted by molar-refractivity contribution is 0.400. The van der Waals surface area contributed by atoms with E-state index < -0.39 is 0 Å². The van der Waals surface area contributed by atoms with Gasteiger partial charge >= 0.3 is 0 Å². The number of methoxy groups -OCH3 is 1. The molecule has 0 saturated heterocycles. The number of nitrogens with one attached hydrogen (secondary N) is 1. The van der Waals surface area contributed by atoms with Gasteiger partial charge in [0.15, 0.2) is 0 Å². The molecule has 0 amide bonds. The predicted octanol–water partition coefficient (Wildman–Crippen LogP) is 3.12. The van der Waals surface area contributed by atoms with Gasteiger partial charge in [0.05, 0.1) is 7.11 Å². The average Bonchev–Trinajstić information content (AvgIpc) is 2.27. The number of hydrogen-bond acceptors (Lipinski definition) is 2. The van der Waals surface area contributed by atoms with Crippen molar-refractivity contribution in [1.82, 2.24) is 5.32 Å². The van der Waals surface area contributed by atoms with Crippen molar-refractivity contribution in [3.05, 3.63) is 28.3 Å². The van der Waals surface area contributed by atoms with Gasteiger partial charge in [0, 0.05) is 17.5 Å². The summed E-state index contributed by atoms with van der Waals surface area (Å²) in [6.45, 7) is 6.28. The zero-order chi connectivity index (χ0) is 12.3. The van der Waals surface area contributed by atoms with Crippen LogP contribution >= 0.6 is 11.6 Å². The van der Waals surface area contributed by atoms with Crippen molar-refractivity contribution in [2.45, 2.75) is 26.8 Å². The van der Waals surface area contributed by atoms with E-state index in [0.717, 1.165) is 5.75 Å². The van der Waals surface area contributed by atoms with Crippen LogP contribution in [0.1, 0.15) is 28.3 Å². The van der Waals surface area contributed by atoms with Crippen LogP contribution in [0, 0.1) is 20.8 Å². The van der Waals surface area contributed by atoms with Gasteiger partial charge in [-0.15, -0.1) is 11.6 Å². The molecule has 1 N–H and O–H groups in total. The number of hydrogen-bond donors (Lipinski definition) is 1. The highest BCUT2D eigenvalue weighted by Gasteiger charge is 2.19. The van der Waals surface area contributed by atoms with Gasteiger partial charge in [0.2, 0.25) is 0 Å². The Morgan fingerprint density at radius 1 is 1.31 bits per heavy atom. The van der Waals surface area contributed by atoms with Crippen LogP contribution in [-0.4, -0.2) is 20.0 Å². The third-order valence-electron chi connectivity index (χ3n) is 3.09.